The summed E-state index contributed by atoms with van der Waals surface area (Å²) in [4.78, 5) is 62.4. The highest BCUT2D eigenvalue weighted by Crippen LogP contribution is 2.32. The zero-order chi connectivity index (χ0) is 33.5. The highest BCUT2D eigenvalue weighted by atomic mass is 19.1. The third-order valence-electron chi connectivity index (χ3n) is 7.65. The Hall–Kier alpha value is -5.40. The molecule has 0 atom stereocenters. The summed E-state index contributed by atoms with van der Waals surface area (Å²) in [5, 5.41) is 2.52. The molecule has 0 bridgehead atoms. The molecule has 1 saturated carbocycles. The Morgan fingerprint density at radius 1 is 1.04 bits per heavy atom. The molecule has 2 aliphatic rings. The van der Waals surface area contributed by atoms with E-state index in [4.69, 9.17) is 9.47 Å². The number of hydrogen-bond acceptors (Lipinski definition) is 8. The van der Waals surface area contributed by atoms with Crippen LogP contribution < -0.4 is 21.3 Å². The Morgan fingerprint density at radius 3 is 2.47 bits per heavy atom. The van der Waals surface area contributed by atoms with Gasteiger partial charge in [0.1, 0.15) is 23.3 Å². The molecule has 2 aromatic carbocycles. The number of aromatic nitrogens is 4. The van der Waals surface area contributed by atoms with Crippen molar-refractivity contribution in [2.75, 3.05) is 11.9 Å². The van der Waals surface area contributed by atoms with Crippen LogP contribution in [0, 0.1) is 17.6 Å². The van der Waals surface area contributed by atoms with Gasteiger partial charge in [-0.25, -0.2) is 32.9 Å². The number of nitrogens with one attached hydrogen (secondary N) is 1. The Labute approximate surface area is 267 Å². The molecule has 47 heavy (non-hydrogen) atoms. The second kappa shape index (κ2) is 12.4. The molecular weight excluding hydrogens is 614 g/mol. The molecule has 0 unspecified atom stereocenters. The van der Waals surface area contributed by atoms with Crippen LogP contribution in [0.15, 0.2) is 64.6 Å². The fourth-order valence-corrected chi connectivity index (χ4v) is 5.14. The maximum absolute atomic E-state index is 15.3. The molecule has 0 saturated heterocycles. The minimum Gasteiger partial charge on any atom is -0.444 e. The van der Waals surface area contributed by atoms with Gasteiger partial charge in [0.15, 0.2) is 11.6 Å². The van der Waals surface area contributed by atoms with E-state index in [1.165, 1.54) is 46.3 Å². The first-order chi connectivity index (χ1) is 22.4. The van der Waals surface area contributed by atoms with E-state index in [0.29, 0.717) is 30.8 Å². The van der Waals surface area contributed by atoms with Crippen molar-refractivity contribution in [1.82, 2.24) is 24.0 Å². The van der Waals surface area contributed by atoms with Crippen LogP contribution in [0.5, 0.6) is 11.6 Å². The van der Waals surface area contributed by atoms with Crippen molar-refractivity contribution in [2.45, 2.75) is 58.7 Å². The van der Waals surface area contributed by atoms with Crippen molar-refractivity contribution in [3.05, 3.63) is 104 Å². The smallest absolute Gasteiger partial charge is 0.410 e. The van der Waals surface area contributed by atoms with E-state index >= 15 is 4.39 Å². The fourth-order valence-electron chi connectivity index (χ4n) is 5.14. The van der Waals surface area contributed by atoms with Gasteiger partial charge in [-0.3, -0.25) is 14.2 Å². The SMILES string of the molecule is CC(C)(C)OC(=O)N1CCc2c(ncnc2Oc2ccc(NC(=O)c3cn(CC4CC4)c(=O)n(-c4ccc(F)cc4)c3=O)cc2F)C1. The van der Waals surface area contributed by atoms with Crippen LogP contribution in [0.4, 0.5) is 19.3 Å². The molecule has 14 heteroatoms. The van der Waals surface area contributed by atoms with Gasteiger partial charge < -0.3 is 19.7 Å². The number of benzene rings is 2. The van der Waals surface area contributed by atoms with Crippen molar-refractivity contribution in [3.63, 3.8) is 0 Å². The lowest BCUT2D eigenvalue weighted by Gasteiger charge is -2.30. The predicted octanol–water partition coefficient (Wildman–Crippen LogP) is 4.82. The van der Waals surface area contributed by atoms with Crippen molar-refractivity contribution in [3.8, 4) is 17.3 Å². The van der Waals surface area contributed by atoms with Crippen LogP contribution in [-0.2, 0) is 24.2 Å². The van der Waals surface area contributed by atoms with Crippen molar-refractivity contribution < 1.29 is 27.8 Å². The summed E-state index contributed by atoms with van der Waals surface area (Å²) in [5.74, 6) is -2.02. The molecule has 12 nitrogen and oxygen atoms in total. The van der Waals surface area contributed by atoms with Crippen LogP contribution in [0.1, 0.15) is 55.2 Å². The summed E-state index contributed by atoms with van der Waals surface area (Å²) in [6.07, 6.45) is 4.19. The second-order valence-corrected chi connectivity index (χ2v) is 12.5. The minimum absolute atomic E-state index is 0.0326. The topological polar surface area (TPSA) is 138 Å². The standard InChI is InChI=1S/C33H32F2N6O6/c1-33(2,3)47-32(45)39-13-12-23-26(17-39)36-18-37-29(23)46-27-11-8-21(14-25(27)35)38-28(42)24-16-40(15-19-4-5-19)31(44)41(30(24)43)22-9-6-20(34)7-10-22/h6-11,14,16,18-19H,4-5,12-13,15,17H2,1-3H3,(H,38,42). The summed E-state index contributed by atoms with van der Waals surface area (Å²) in [7, 11) is 0. The molecule has 244 valence electrons. The summed E-state index contributed by atoms with van der Waals surface area (Å²) >= 11 is 0. The van der Waals surface area contributed by atoms with E-state index in [9.17, 15) is 23.6 Å². The van der Waals surface area contributed by atoms with Gasteiger partial charge in [-0.2, -0.15) is 0 Å². The van der Waals surface area contributed by atoms with Crippen molar-refractivity contribution in [2.24, 2.45) is 5.92 Å². The monoisotopic (exact) mass is 646 g/mol. The van der Waals surface area contributed by atoms with E-state index in [-0.39, 0.29) is 41.0 Å². The zero-order valence-corrected chi connectivity index (χ0v) is 26.0. The third kappa shape index (κ3) is 7.05. The number of anilines is 1. The quantitative estimate of drug-likeness (QED) is 0.302. The molecular formula is C33H32F2N6O6. The van der Waals surface area contributed by atoms with Gasteiger partial charge in [-0.05, 0) is 82.3 Å². The maximum Gasteiger partial charge on any atom is 0.410 e. The number of carbonyl (C=O) groups excluding carboxylic acids is 2. The largest absolute Gasteiger partial charge is 0.444 e. The fraction of sp³-hybridized carbons (Fsp3) is 0.333. The molecule has 2 amide bonds. The van der Waals surface area contributed by atoms with E-state index in [1.54, 1.807) is 20.8 Å². The Kier molecular flexibility index (Phi) is 8.34. The van der Waals surface area contributed by atoms with Gasteiger partial charge in [-0.1, -0.05) is 0 Å². The number of amides is 2. The highest BCUT2D eigenvalue weighted by molar-refractivity contribution is 6.03. The normalized spacial score (nSPS) is 14.4. The molecule has 6 rings (SSSR count). The molecule has 1 aliphatic carbocycles. The third-order valence-corrected chi connectivity index (χ3v) is 7.65. The number of halogens is 2. The lowest BCUT2D eigenvalue weighted by Crippen LogP contribution is -2.42. The van der Waals surface area contributed by atoms with E-state index in [1.807, 2.05) is 0 Å². The molecule has 0 spiro atoms. The average molecular weight is 647 g/mol. The van der Waals surface area contributed by atoms with Gasteiger partial charge in [0.05, 0.1) is 17.9 Å². The first-order valence-electron chi connectivity index (χ1n) is 15.1. The van der Waals surface area contributed by atoms with E-state index < -0.39 is 40.5 Å². The molecule has 0 radical (unpaired) electrons. The van der Waals surface area contributed by atoms with Crippen molar-refractivity contribution in [1.29, 1.82) is 0 Å². The first-order valence-corrected chi connectivity index (χ1v) is 15.1. The summed E-state index contributed by atoms with van der Waals surface area (Å²) in [6, 6.07) is 8.52. The van der Waals surface area contributed by atoms with Crippen LogP contribution >= 0.6 is 0 Å². The lowest BCUT2D eigenvalue weighted by molar-refractivity contribution is 0.0219. The van der Waals surface area contributed by atoms with Gasteiger partial charge >= 0.3 is 11.8 Å². The Bertz CT molecular complexity index is 1980. The van der Waals surface area contributed by atoms with Crippen molar-refractivity contribution >= 4 is 17.7 Å². The van der Waals surface area contributed by atoms with E-state index in [2.05, 4.69) is 15.3 Å². The summed E-state index contributed by atoms with van der Waals surface area (Å²) in [6.45, 7) is 6.16. The molecule has 1 aliphatic heterocycles. The lowest BCUT2D eigenvalue weighted by atomic mass is 10.1. The Balaban J connectivity index is 1.21. The molecule has 1 N–H and O–H groups in total. The first kappa shape index (κ1) is 31.6. The summed E-state index contributed by atoms with van der Waals surface area (Å²) < 4.78 is 42.2. The molecule has 2 aromatic heterocycles. The maximum atomic E-state index is 15.3. The second-order valence-electron chi connectivity index (χ2n) is 12.5. The summed E-state index contributed by atoms with van der Waals surface area (Å²) in [5.41, 5.74) is -1.23. The van der Waals surface area contributed by atoms with Crippen LogP contribution in [0.2, 0.25) is 0 Å². The van der Waals surface area contributed by atoms with Gasteiger partial charge in [0.25, 0.3) is 11.5 Å². The number of ether oxygens (including phenoxy) is 2. The number of rotatable bonds is 7. The van der Waals surface area contributed by atoms with E-state index in [0.717, 1.165) is 35.6 Å². The van der Waals surface area contributed by atoms with Gasteiger partial charge in [0.2, 0.25) is 5.88 Å². The Morgan fingerprint density at radius 2 is 1.79 bits per heavy atom. The van der Waals surface area contributed by atoms with Crippen LogP contribution in [0.25, 0.3) is 5.69 Å². The minimum atomic E-state index is -0.898. The predicted molar refractivity (Wildman–Crippen MR) is 166 cm³/mol. The molecule has 4 aromatic rings. The number of carbonyl (C=O) groups is 2. The van der Waals surface area contributed by atoms with Crippen LogP contribution in [-0.4, -0.2) is 48.1 Å². The molecule has 3 heterocycles. The number of nitrogens with zero attached hydrogens (tertiary/aromatic N) is 5. The number of hydrogen-bond donors (Lipinski definition) is 1. The zero-order valence-electron chi connectivity index (χ0n) is 26.0. The van der Waals surface area contributed by atoms with Crippen LogP contribution in [0.3, 0.4) is 0 Å². The molecule has 1 fully saturated rings. The average Bonchev–Trinajstić information content (AvgIpc) is 3.84. The highest BCUT2D eigenvalue weighted by Gasteiger charge is 2.29. The van der Waals surface area contributed by atoms with Gasteiger partial charge in [0, 0.05) is 36.6 Å². The number of fused-ring (bicyclic) bond motifs is 1. The van der Waals surface area contributed by atoms with Gasteiger partial charge in [-0.15, -0.1) is 0 Å².